The first-order chi connectivity index (χ1) is 7.43. The number of rotatable bonds is 4. The second-order valence-electron chi connectivity index (χ2n) is 4.80. The van der Waals surface area contributed by atoms with Gasteiger partial charge in [0, 0.05) is 18.7 Å². The molecule has 1 unspecified atom stereocenters. The highest BCUT2D eigenvalue weighted by Gasteiger charge is 2.15. The summed E-state index contributed by atoms with van der Waals surface area (Å²) >= 11 is 0. The molecule has 2 N–H and O–H groups in total. The maximum absolute atomic E-state index is 5.78. The molecule has 0 fully saturated rings. The highest BCUT2D eigenvalue weighted by Crippen LogP contribution is 2.22. The van der Waals surface area contributed by atoms with Gasteiger partial charge in [0.05, 0.1) is 0 Å². The van der Waals surface area contributed by atoms with E-state index in [1.54, 1.807) is 0 Å². The molecular weight excluding hydrogens is 200 g/mol. The highest BCUT2D eigenvalue weighted by atomic mass is 15.2. The summed E-state index contributed by atoms with van der Waals surface area (Å²) in [5.41, 5.74) is 6.74. The van der Waals surface area contributed by atoms with Crippen molar-refractivity contribution in [2.45, 2.75) is 40.2 Å². The van der Waals surface area contributed by atoms with Crippen LogP contribution in [0.5, 0.6) is 0 Å². The first-order valence-corrected chi connectivity index (χ1v) is 5.73. The molecule has 1 aromatic rings. The van der Waals surface area contributed by atoms with Gasteiger partial charge >= 0.3 is 0 Å². The van der Waals surface area contributed by atoms with Crippen molar-refractivity contribution in [3.8, 4) is 0 Å². The molecule has 16 heavy (non-hydrogen) atoms. The van der Waals surface area contributed by atoms with Crippen molar-refractivity contribution >= 4 is 11.6 Å². The summed E-state index contributed by atoms with van der Waals surface area (Å²) in [6.45, 7) is 8.62. The predicted octanol–water partition coefficient (Wildman–Crippen LogP) is 2.24. The van der Waals surface area contributed by atoms with E-state index in [2.05, 4.69) is 42.7 Å². The molecule has 90 valence electrons. The van der Waals surface area contributed by atoms with E-state index in [1.807, 2.05) is 6.92 Å². The second kappa shape index (κ2) is 5.14. The highest BCUT2D eigenvalue weighted by molar-refractivity contribution is 5.55. The summed E-state index contributed by atoms with van der Waals surface area (Å²) in [7, 11) is 2.06. The largest absolute Gasteiger partial charge is 0.383 e. The maximum atomic E-state index is 5.78. The molecule has 1 atom stereocenters. The zero-order valence-corrected chi connectivity index (χ0v) is 10.9. The van der Waals surface area contributed by atoms with E-state index < -0.39 is 0 Å². The Labute approximate surface area is 97.9 Å². The van der Waals surface area contributed by atoms with Crippen molar-refractivity contribution in [2.24, 2.45) is 5.92 Å². The van der Waals surface area contributed by atoms with E-state index in [0.29, 0.717) is 17.8 Å². The van der Waals surface area contributed by atoms with E-state index in [-0.39, 0.29) is 0 Å². The number of nitrogens with two attached hydrogens (primary N) is 1. The van der Waals surface area contributed by atoms with Gasteiger partial charge in [-0.05, 0) is 26.2 Å². The molecule has 0 amide bonds. The minimum Gasteiger partial charge on any atom is -0.383 e. The van der Waals surface area contributed by atoms with Gasteiger partial charge in [0.25, 0.3) is 0 Å². The molecule has 1 rings (SSSR count). The van der Waals surface area contributed by atoms with Gasteiger partial charge in [-0.15, -0.1) is 0 Å². The van der Waals surface area contributed by atoms with Crippen LogP contribution in [0.25, 0.3) is 0 Å². The minimum absolute atomic E-state index is 0.452. The van der Waals surface area contributed by atoms with Crippen LogP contribution < -0.4 is 10.6 Å². The van der Waals surface area contributed by atoms with E-state index in [9.17, 15) is 0 Å². The Kier molecular flexibility index (Phi) is 4.10. The molecule has 0 aliphatic rings. The lowest BCUT2D eigenvalue weighted by molar-refractivity contribution is 0.501. The summed E-state index contributed by atoms with van der Waals surface area (Å²) in [5.74, 6) is 2.17. The second-order valence-corrected chi connectivity index (χ2v) is 4.80. The van der Waals surface area contributed by atoms with Crippen LogP contribution in [0.2, 0.25) is 0 Å². The van der Waals surface area contributed by atoms with Gasteiger partial charge < -0.3 is 10.6 Å². The van der Waals surface area contributed by atoms with Gasteiger partial charge in [0.2, 0.25) is 0 Å². The average Bonchev–Trinajstić information content (AvgIpc) is 2.20. The lowest BCUT2D eigenvalue weighted by atomic mass is 10.0. The number of nitrogens with zero attached hydrogens (tertiary/aromatic N) is 3. The van der Waals surface area contributed by atoms with E-state index in [4.69, 9.17) is 5.73 Å². The third-order valence-electron chi connectivity index (χ3n) is 2.90. The lowest BCUT2D eigenvalue weighted by Gasteiger charge is -2.28. The molecule has 0 spiro atoms. The number of nitrogen functional groups attached to an aromatic ring is 1. The SMILES string of the molecule is Cc1c(N)ncnc1N(C)C(C)CC(C)C. The summed E-state index contributed by atoms with van der Waals surface area (Å²) in [5, 5.41) is 0. The molecule has 0 aromatic carbocycles. The van der Waals surface area contributed by atoms with Crippen LogP contribution in [0.3, 0.4) is 0 Å². The number of aromatic nitrogens is 2. The van der Waals surface area contributed by atoms with Crippen molar-refractivity contribution in [2.75, 3.05) is 17.7 Å². The van der Waals surface area contributed by atoms with Crippen molar-refractivity contribution in [1.29, 1.82) is 0 Å². The van der Waals surface area contributed by atoms with Crippen molar-refractivity contribution in [3.63, 3.8) is 0 Å². The molecule has 1 heterocycles. The van der Waals surface area contributed by atoms with Gasteiger partial charge in [-0.25, -0.2) is 9.97 Å². The molecule has 4 nitrogen and oxygen atoms in total. The first kappa shape index (κ1) is 12.7. The maximum Gasteiger partial charge on any atom is 0.136 e. The van der Waals surface area contributed by atoms with Crippen LogP contribution in [-0.4, -0.2) is 23.1 Å². The van der Waals surface area contributed by atoms with E-state index in [0.717, 1.165) is 17.8 Å². The van der Waals surface area contributed by atoms with Gasteiger partial charge in [0.1, 0.15) is 18.0 Å². The average molecular weight is 222 g/mol. The first-order valence-electron chi connectivity index (χ1n) is 5.73. The number of hydrogen-bond acceptors (Lipinski definition) is 4. The topological polar surface area (TPSA) is 55.0 Å². The minimum atomic E-state index is 0.452. The molecular formula is C12H22N4. The van der Waals surface area contributed by atoms with Crippen LogP contribution in [0.15, 0.2) is 6.33 Å². The molecule has 0 aliphatic heterocycles. The molecule has 0 bridgehead atoms. The standard InChI is InChI=1S/C12H22N4/c1-8(2)6-9(3)16(5)12-10(4)11(13)14-7-15-12/h7-9H,6H2,1-5H3,(H2,13,14,15). The Balaban J connectivity index is 2.87. The van der Waals surface area contributed by atoms with Gasteiger partial charge in [-0.3, -0.25) is 0 Å². The fourth-order valence-electron chi connectivity index (χ4n) is 1.86. The van der Waals surface area contributed by atoms with Crippen molar-refractivity contribution in [3.05, 3.63) is 11.9 Å². The van der Waals surface area contributed by atoms with Crippen LogP contribution in [0.1, 0.15) is 32.8 Å². The molecule has 0 saturated heterocycles. The van der Waals surface area contributed by atoms with Crippen molar-refractivity contribution in [1.82, 2.24) is 9.97 Å². The Morgan fingerprint density at radius 3 is 2.50 bits per heavy atom. The zero-order valence-electron chi connectivity index (χ0n) is 10.9. The van der Waals surface area contributed by atoms with Crippen LogP contribution in [0.4, 0.5) is 11.6 Å². The lowest BCUT2D eigenvalue weighted by Crippen LogP contribution is -2.31. The Bertz CT molecular complexity index is 349. The molecule has 0 saturated carbocycles. The number of anilines is 2. The molecule has 1 aromatic heterocycles. The van der Waals surface area contributed by atoms with Crippen molar-refractivity contribution < 1.29 is 0 Å². The third-order valence-corrected chi connectivity index (χ3v) is 2.90. The molecule has 4 heteroatoms. The fourth-order valence-corrected chi connectivity index (χ4v) is 1.86. The molecule has 0 aliphatic carbocycles. The van der Waals surface area contributed by atoms with Crippen LogP contribution in [-0.2, 0) is 0 Å². The summed E-state index contributed by atoms with van der Waals surface area (Å²) in [6.07, 6.45) is 2.66. The smallest absolute Gasteiger partial charge is 0.136 e. The number of hydrogen-bond donors (Lipinski definition) is 1. The Morgan fingerprint density at radius 1 is 1.31 bits per heavy atom. The van der Waals surface area contributed by atoms with Gasteiger partial charge in [-0.1, -0.05) is 13.8 Å². The Morgan fingerprint density at radius 2 is 1.94 bits per heavy atom. The zero-order chi connectivity index (χ0) is 12.3. The predicted molar refractivity (Wildman–Crippen MR) is 68.5 cm³/mol. The summed E-state index contributed by atoms with van der Waals surface area (Å²) in [4.78, 5) is 10.5. The normalized spacial score (nSPS) is 12.9. The van der Waals surface area contributed by atoms with Crippen LogP contribution in [0, 0.1) is 12.8 Å². The van der Waals surface area contributed by atoms with Gasteiger partial charge in [-0.2, -0.15) is 0 Å². The quantitative estimate of drug-likeness (QED) is 0.849. The van der Waals surface area contributed by atoms with Crippen LogP contribution >= 0.6 is 0 Å². The van der Waals surface area contributed by atoms with E-state index in [1.165, 1.54) is 6.33 Å². The third kappa shape index (κ3) is 2.84. The summed E-state index contributed by atoms with van der Waals surface area (Å²) in [6, 6.07) is 0.452. The Hall–Kier alpha value is -1.32. The van der Waals surface area contributed by atoms with Gasteiger partial charge in [0.15, 0.2) is 0 Å². The monoisotopic (exact) mass is 222 g/mol. The van der Waals surface area contributed by atoms with E-state index >= 15 is 0 Å². The summed E-state index contributed by atoms with van der Waals surface area (Å²) < 4.78 is 0. The fraction of sp³-hybridized carbons (Fsp3) is 0.667. The molecule has 0 radical (unpaired) electrons.